The lowest BCUT2D eigenvalue weighted by Crippen LogP contribution is -2.36. The summed E-state index contributed by atoms with van der Waals surface area (Å²) in [5, 5.41) is 1.71. The van der Waals surface area contributed by atoms with Crippen molar-refractivity contribution in [2.75, 3.05) is 38.3 Å². The molecular weight excluding hydrogens is 307 g/mol. The summed E-state index contributed by atoms with van der Waals surface area (Å²) in [6, 6.07) is 3.71. The van der Waals surface area contributed by atoms with E-state index in [1.54, 1.807) is 18.4 Å². The lowest BCUT2D eigenvalue weighted by atomic mass is 10.3. The van der Waals surface area contributed by atoms with Crippen molar-refractivity contribution in [2.24, 2.45) is 0 Å². The van der Waals surface area contributed by atoms with Crippen molar-refractivity contribution in [1.82, 2.24) is 4.98 Å². The number of methoxy groups -OCH3 is 1. The smallest absolute Gasteiger partial charge is 0.186 e. The number of hydrogen-bond donors (Lipinski definition) is 0. The molecule has 0 atom stereocenters. The number of benzene rings is 1. The summed E-state index contributed by atoms with van der Waals surface area (Å²) in [7, 11) is 1.65. The molecule has 1 saturated heterocycles. The van der Waals surface area contributed by atoms with Crippen LogP contribution in [-0.4, -0.2) is 38.4 Å². The maximum absolute atomic E-state index is 6.21. The molecule has 0 amide bonds. The van der Waals surface area contributed by atoms with Crippen molar-refractivity contribution in [2.45, 2.75) is 0 Å². The molecule has 104 valence electrons. The van der Waals surface area contributed by atoms with Crippen LogP contribution < -0.4 is 9.64 Å². The monoisotopic (exact) mass is 320 g/mol. The zero-order chi connectivity index (χ0) is 12.5. The number of ether oxygens (including phenoxy) is 2. The number of halogens is 2. The third kappa shape index (κ3) is 2.74. The van der Waals surface area contributed by atoms with Crippen molar-refractivity contribution in [3.8, 4) is 5.75 Å². The van der Waals surface area contributed by atoms with Crippen LogP contribution in [0.1, 0.15) is 0 Å². The van der Waals surface area contributed by atoms with Crippen LogP contribution in [0.5, 0.6) is 5.75 Å². The van der Waals surface area contributed by atoms with Gasteiger partial charge in [0.05, 0.1) is 30.0 Å². The normalized spacial score (nSPS) is 15.4. The average Bonchev–Trinajstić information content (AvgIpc) is 2.86. The van der Waals surface area contributed by atoms with Crippen molar-refractivity contribution in [1.29, 1.82) is 0 Å². The molecule has 0 N–H and O–H groups in total. The number of thiazole rings is 1. The molecule has 19 heavy (non-hydrogen) atoms. The van der Waals surface area contributed by atoms with Crippen LogP contribution in [0, 0.1) is 0 Å². The number of rotatable bonds is 2. The van der Waals surface area contributed by atoms with Gasteiger partial charge in [-0.3, -0.25) is 0 Å². The molecule has 7 heteroatoms. The van der Waals surface area contributed by atoms with Crippen molar-refractivity contribution in [3.05, 3.63) is 17.2 Å². The standard InChI is InChI=1S/C12H13ClN2O2S.ClH/c1-16-9-3-2-8(13)11-10(9)14-12(18-11)15-4-6-17-7-5-15;/h2-3H,4-7H2,1H3;1H. The number of aromatic nitrogens is 1. The van der Waals surface area contributed by atoms with Gasteiger partial charge in [0.15, 0.2) is 5.13 Å². The fraction of sp³-hybridized carbons (Fsp3) is 0.417. The molecule has 2 heterocycles. The average molecular weight is 321 g/mol. The molecule has 0 radical (unpaired) electrons. The summed E-state index contributed by atoms with van der Waals surface area (Å²) in [5.74, 6) is 0.769. The summed E-state index contributed by atoms with van der Waals surface area (Å²) in [5.41, 5.74) is 0.844. The van der Waals surface area contributed by atoms with Crippen LogP contribution in [-0.2, 0) is 4.74 Å². The molecule has 1 fully saturated rings. The van der Waals surface area contributed by atoms with Crippen LogP contribution in [0.2, 0.25) is 5.02 Å². The van der Waals surface area contributed by atoms with Gasteiger partial charge in [0.1, 0.15) is 11.3 Å². The molecule has 1 aromatic heterocycles. The van der Waals surface area contributed by atoms with Gasteiger partial charge in [0.25, 0.3) is 0 Å². The minimum atomic E-state index is 0. The van der Waals surface area contributed by atoms with E-state index in [0.29, 0.717) is 0 Å². The Hall–Kier alpha value is -0.750. The van der Waals surface area contributed by atoms with Crippen molar-refractivity contribution < 1.29 is 9.47 Å². The maximum atomic E-state index is 6.21. The van der Waals surface area contributed by atoms with Crippen LogP contribution in [0.4, 0.5) is 5.13 Å². The fourth-order valence-corrected chi connectivity index (χ4v) is 3.30. The Kier molecular flexibility index (Phi) is 4.73. The Morgan fingerprint density at radius 1 is 1.37 bits per heavy atom. The van der Waals surface area contributed by atoms with E-state index >= 15 is 0 Å². The number of fused-ring (bicyclic) bond motifs is 1. The van der Waals surface area contributed by atoms with Crippen LogP contribution >= 0.6 is 35.3 Å². The molecule has 0 spiro atoms. The minimum Gasteiger partial charge on any atom is -0.494 e. The van der Waals surface area contributed by atoms with Crippen molar-refractivity contribution >= 4 is 50.7 Å². The first-order valence-electron chi connectivity index (χ1n) is 5.75. The highest BCUT2D eigenvalue weighted by molar-refractivity contribution is 7.22. The van der Waals surface area contributed by atoms with Gasteiger partial charge in [-0.1, -0.05) is 22.9 Å². The van der Waals surface area contributed by atoms with Gasteiger partial charge in [-0.25, -0.2) is 4.98 Å². The first-order valence-corrected chi connectivity index (χ1v) is 6.95. The van der Waals surface area contributed by atoms with E-state index in [4.69, 9.17) is 21.1 Å². The van der Waals surface area contributed by atoms with Gasteiger partial charge in [-0.2, -0.15) is 0 Å². The summed E-state index contributed by atoms with van der Waals surface area (Å²) >= 11 is 7.82. The molecule has 0 unspecified atom stereocenters. The third-order valence-corrected chi connectivity index (χ3v) is 4.53. The zero-order valence-electron chi connectivity index (χ0n) is 10.4. The number of morpholine rings is 1. The second kappa shape index (κ2) is 6.13. The summed E-state index contributed by atoms with van der Waals surface area (Å²) in [4.78, 5) is 6.87. The Bertz CT molecular complexity index is 570. The molecule has 4 nitrogen and oxygen atoms in total. The topological polar surface area (TPSA) is 34.6 Å². The molecule has 1 aliphatic rings. The van der Waals surface area contributed by atoms with Gasteiger partial charge in [0.2, 0.25) is 0 Å². The SMILES string of the molecule is COc1ccc(Cl)c2sc(N3CCOCC3)nc12.Cl. The Morgan fingerprint density at radius 2 is 2.11 bits per heavy atom. The second-order valence-corrected chi connectivity index (χ2v) is 5.41. The highest BCUT2D eigenvalue weighted by Crippen LogP contribution is 2.38. The molecule has 3 rings (SSSR count). The van der Waals surface area contributed by atoms with E-state index in [1.807, 2.05) is 12.1 Å². The minimum absolute atomic E-state index is 0. The van der Waals surface area contributed by atoms with Gasteiger partial charge in [-0.05, 0) is 12.1 Å². The Morgan fingerprint density at radius 3 is 2.79 bits per heavy atom. The molecule has 0 bridgehead atoms. The lowest BCUT2D eigenvalue weighted by Gasteiger charge is -2.25. The predicted molar refractivity (Wildman–Crippen MR) is 81.5 cm³/mol. The molecule has 0 saturated carbocycles. The third-order valence-electron chi connectivity index (χ3n) is 2.95. The lowest BCUT2D eigenvalue weighted by molar-refractivity contribution is 0.122. The molecule has 0 aliphatic carbocycles. The van der Waals surface area contributed by atoms with Crippen molar-refractivity contribution in [3.63, 3.8) is 0 Å². The van der Waals surface area contributed by atoms with E-state index in [0.717, 1.165) is 52.4 Å². The van der Waals surface area contributed by atoms with E-state index in [9.17, 15) is 0 Å². The van der Waals surface area contributed by atoms with E-state index in [-0.39, 0.29) is 12.4 Å². The van der Waals surface area contributed by atoms with Gasteiger partial charge >= 0.3 is 0 Å². The van der Waals surface area contributed by atoms with E-state index in [1.165, 1.54) is 0 Å². The van der Waals surface area contributed by atoms with E-state index < -0.39 is 0 Å². The zero-order valence-corrected chi connectivity index (χ0v) is 12.8. The molecular formula is C12H14Cl2N2O2S. The largest absolute Gasteiger partial charge is 0.494 e. The Labute approximate surface area is 126 Å². The quantitative estimate of drug-likeness (QED) is 0.851. The van der Waals surface area contributed by atoms with Gasteiger partial charge in [-0.15, -0.1) is 12.4 Å². The summed E-state index contributed by atoms with van der Waals surface area (Å²) in [6.45, 7) is 3.25. The summed E-state index contributed by atoms with van der Waals surface area (Å²) < 4.78 is 11.7. The number of hydrogen-bond acceptors (Lipinski definition) is 5. The van der Waals surface area contributed by atoms with Gasteiger partial charge < -0.3 is 14.4 Å². The first-order chi connectivity index (χ1) is 8.79. The number of nitrogens with zero attached hydrogens (tertiary/aromatic N) is 2. The van der Waals surface area contributed by atoms with Crippen LogP contribution in [0.25, 0.3) is 10.2 Å². The summed E-state index contributed by atoms with van der Waals surface area (Å²) in [6.07, 6.45) is 0. The second-order valence-electron chi connectivity index (χ2n) is 4.02. The van der Waals surface area contributed by atoms with Gasteiger partial charge in [0, 0.05) is 13.1 Å². The van der Waals surface area contributed by atoms with Crippen LogP contribution in [0.3, 0.4) is 0 Å². The maximum Gasteiger partial charge on any atom is 0.186 e. The highest BCUT2D eigenvalue weighted by atomic mass is 35.5. The fourth-order valence-electron chi connectivity index (χ4n) is 2.00. The Balaban J connectivity index is 0.00000133. The van der Waals surface area contributed by atoms with Crippen LogP contribution in [0.15, 0.2) is 12.1 Å². The highest BCUT2D eigenvalue weighted by Gasteiger charge is 2.18. The predicted octanol–water partition coefficient (Wildman–Crippen LogP) is 3.22. The van der Waals surface area contributed by atoms with E-state index in [2.05, 4.69) is 9.88 Å². The number of anilines is 1. The molecule has 1 aromatic carbocycles. The molecule has 1 aliphatic heterocycles. The first kappa shape index (κ1) is 14.7. The molecule has 2 aromatic rings.